The van der Waals surface area contributed by atoms with E-state index in [9.17, 15) is 4.79 Å². The van der Waals surface area contributed by atoms with Crippen LogP contribution in [0.5, 0.6) is 5.75 Å². The lowest BCUT2D eigenvalue weighted by atomic mass is 10.1. The summed E-state index contributed by atoms with van der Waals surface area (Å²) >= 11 is 0. The second kappa shape index (κ2) is 7.01. The van der Waals surface area contributed by atoms with Gasteiger partial charge < -0.3 is 14.6 Å². The lowest BCUT2D eigenvalue weighted by molar-refractivity contribution is 0.0769. The van der Waals surface area contributed by atoms with Crippen LogP contribution in [-0.2, 0) is 0 Å². The van der Waals surface area contributed by atoms with Gasteiger partial charge in [0, 0.05) is 18.0 Å². The molecule has 4 heteroatoms. The molecule has 0 radical (unpaired) electrons. The molecule has 0 atom stereocenters. The predicted octanol–water partition coefficient (Wildman–Crippen LogP) is 4.24. The van der Waals surface area contributed by atoms with Gasteiger partial charge >= 0.3 is 0 Å². The summed E-state index contributed by atoms with van der Waals surface area (Å²) in [5.74, 6) is 0.795. The molecule has 1 N–H and O–H groups in total. The van der Waals surface area contributed by atoms with Crippen molar-refractivity contribution in [3.63, 3.8) is 0 Å². The number of H-pyrrole nitrogens is 1. The van der Waals surface area contributed by atoms with Crippen molar-refractivity contribution in [3.05, 3.63) is 64.8 Å². The van der Waals surface area contributed by atoms with E-state index < -0.39 is 0 Å². The number of nitrogens with one attached hydrogen (secondary N) is 1. The molecule has 1 amide bonds. The third kappa shape index (κ3) is 3.85. The van der Waals surface area contributed by atoms with Crippen molar-refractivity contribution >= 4 is 16.8 Å². The number of benzene rings is 2. The molecule has 3 rings (SSSR count). The van der Waals surface area contributed by atoms with Crippen molar-refractivity contribution in [3.8, 4) is 5.75 Å². The first-order chi connectivity index (χ1) is 11.9. The van der Waals surface area contributed by atoms with Gasteiger partial charge in [-0.1, -0.05) is 23.8 Å². The van der Waals surface area contributed by atoms with Crippen LogP contribution < -0.4 is 4.74 Å². The van der Waals surface area contributed by atoms with Gasteiger partial charge in [-0.3, -0.25) is 4.79 Å². The Morgan fingerprint density at radius 1 is 1.04 bits per heavy atom. The number of nitrogens with zero attached hydrogens (tertiary/aromatic N) is 1. The van der Waals surface area contributed by atoms with E-state index in [0.29, 0.717) is 18.8 Å². The highest BCUT2D eigenvalue weighted by Gasteiger charge is 2.15. The molecule has 130 valence electrons. The second-order valence-electron chi connectivity index (χ2n) is 6.61. The Morgan fingerprint density at radius 2 is 1.76 bits per heavy atom. The zero-order valence-corrected chi connectivity index (χ0v) is 15.2. The van der Waals surface area contributed by atoms with Crippen LogP contribution >= 0.6 is 0 Å². The highest BCUT2D eigenvalue weighted by atomic mass is 16.5. The van der Waals surface area contributed by atoms with Crippen molar-refractivity contribution in [2.24, 2.45) is 0 Å². The van der Waals surface area contributed by atoms with Crippen molar-refractivity contribution < 1.29 is 9.53 Å². The van der Waals surface area contributed by atoms with Crippen LogP contribution in [0.25, 0.3) is 10.9 Å². The molecule has 0 aliphatic heterocycles. The minimum Gasteiger partial charge on any atom is -0.492 e. The molecule has 0 unspecified atom stereocenters. The summed E-state index contributed by atoms with van der Waals surface area (Å²) in [4.78, 5) is 17.6. The molecular weight excluding hydrogens is 312 g/mol. The van der Waals surface area contributed by atoms with E-state index in [-0.39, 0.29) is 5.91 Å². The number of aromatic nitrogens is 1. The monoisotopic (exact) mass is 336 g/mol. The topological polar surface area (TPSA) is 45.3 Å². The number of ether oxygens (including phenoxy) is 1. The number of hydrogen-bond donors (Lipinski definition) is 1. The zero-order chi connectivity index (χ0) is 18.0. The average Bonchev–Trinajstić information content (AvgIpc) is 3.00. The number of hydrogen-bond acceptors (Lipinski definition) is 2. The molecule has 0 fully saturated rings. The normalized spacial score (nSPS) is 10.9. The van der Waals surface area contributed by atoms with E-state index in [0.717, 1.165) is 16.7 Å². The molecule has 0 aliphatic rings. The standard InChI is InChI=1S/C21H24N2O2/c1-14-5-7-17(8-6-14)25-10-9-23(4)21(24)20-13-18-16(3)11-15(2)12-19(18)22-20/h5-8,11-13,22H,9-10H2,1-4H3. The molecule has 0 saturated heterocycles. The summed E-state index contributed by atoms with van der Waals surface area (Å²) in [5.41, 5.74) is 5.18. The van der Waals surface area contributed by atoms with Gasteiger partial charge in [0.2, 0.25) is 0 Å². The van der Waals surface area contributed by atoms with Crippen molar-refractivity contribution in [1.29, 1.82) is 0 Å². The van der Waals surface area contributed by atoms with Gasteiger partial charge in [-0.05, 0) is 56.2 Å². The number of rotatable bonds is 5. The van der Waals surface area contributed by atoms with Crippen LogP contribution in [0.3, 0.4) is 0 Å². The van der Waals surface area contributed by atoms with Crippen LogP contribution in [-0.4, -0.2) is 36.0 Å². The number of aromatic amines is 1. The van der Waals surface area contributed by atoms with Gasteiger partial charge in [0.1, 0.15) is 18.1 Å². The second-order valence-corrected chi connectivity index (χ2v) is 6.61. The molecular formula is C21H24N2O2. The molecule has 2 aromatic carbocycles. The summed E-state index contributed by atoms with van der Waals surface area (Å²) in [6, 6.07) is 14.0. The van der Waals surface area contributed by atoms with Gasteiger partial charge in [-0.2, -0.15) is 0 Å². The minimum absolute atomic E-state index is 0.0271. The van der Waals surface area contributed by atoms with E-state index in [1.54, 1.807) is 11.9 Å². The fraction of sp³-hybridized carbons (Fsp3) is 0.286. The van der Waals surface area contributed by atoms with Crippen molar-refractivity contribution in [2.75, 3.05) is 20.2 Å². The summed E-state index contributed by atoms with van der Waals surface area (Å²) < 4.78 is 5.71. The molecule has 0 spiro atoms. The van der Waals surface area contributed by atoms with E-state index >= 15 is 0 Å². The average molecular weight is 336 g/mol. The number of fused-ring (bicyclic) bond motifs is 1. The Morgan fingerprint density at radius 3 is 2.48 bits per heavy atom. The molecule has 25 heavy (non-hydrogen) atoms. The Labute approximate surface area is 148 Å². The SMILES string of the molecule is Cc1ccc(OCCN(C)C(=O)c2cc3c(C)cc(C)cc3[nH]2)cc1. The van der Waals surface area contributed by atoms with Gasteiger partial charge in [0.25, 0.3) is 5.91 Å². The Bertz CT molecular complexity index is 894. The van der Waals surface area contributed by atoms with Crippen molar-refractivity contribution in [2.45, 2.75) is 20.8 Å². The Balaban J connectivity index is 1.64. The summed E-state index contributed by atoms with van der Waals surface area (Å²) in [6.45, 7) is 7.16. The van der Waals surface area contributed by atoms with Crippen LogP contribution in [0.2, 0.25) is 0 Å². The third-order valence-corrected chi connectivity index (χ3v) is 4.38. The molecule has 3 aromatic rings. The summed E-state index contributed by atoms with van der Waals surface area (Å²) in [7, 11) is 1.80. The van der Waals surface area contributed by atoms with Crippen LogP contribution in [0, 0.1) is 20.8 Å². The van der Waals surface area contributed by atoms with Crippen LogP contribution in [0.1, 0.15) is 27.2 Å². The van der Waals surface area contributed by atoms with E-state index in [2.05, 4.69) is 31.0 Å². The lowest BCUT2D eigenvalue weighted by Crippen LogP contribution is -2.31. The maximum atomic E-state index is 12.6. The molecule has 0 bridgehead atoms. The van der Waals surface area contributed by atoms with Gasteiger partial charge in [0.15, 0.2) is 0 Å². The molecule has 1 heterocycles. The maximum Gasteiger partial charge on any atom is 0.270 e. The summed E-state index contributed by atoms with van der Waals surface area (Å²) in [6.07, 6.45) is 0. The fourth-order valence-electron chi connectivity index (χ4n) is 2.96. The molecule has 0 aliphatic carbocycles. The first kappa shape index (κ1) is 17.1. The smallest absolute Gasteiger partial charge is 0.270 e. The number of amides is 1. The van der Waals surface area contributed by atoms with Gasteiger partial charge in [0.05, 0.1) is 6.54 Å². The maximum absolute atomic E-state index is 12.6. The molecule has 0 saturated carbocycles. The molecule has 4 nitrogen and oxygen atoms in total. The Hall–Kier alpha value is -2.75. The molecule has 1 aromatic heterocycles. The Kier molecular flexibility index (Phi) is 4.79. The van der Waals surface area contributed by atoms with Gasteiger partial charge in [-0.25, -0.2) is 0 Å². The zero-order valence-electron chi connectivity index (χ0n) is 15.2. The summed E-state index contributed by atoms with van der Waals surface area (Å²) in [5, 5.41) is 1.10. The van der Waals surface area contributed by atoms with Gasteiger partial charge in [-0.15, -0.1) is 0 Å². The number of aryl methyl sites for hydroxylation is 3. The number of likely N-dealkylation sites (N-methyl/N-ethyl adjacent to an activating group) is 1. The quantitative estimate of drug-likeness (QED) is 0.757. The first-order valence-corrected chi connectivity index (χ1v) is 8.49. The number of carbonyl (C=O) groups excluding carboxylic acids is 1. The highest BCUT2D eigenvalue weighted by molar-refractivity contribution is 5.98. The van der Waals surface area contributed by atoms with Crippen LogP contribution in [0.4, 0.5) is 0 Å². The predicted molar refractivity (Wildman–Crippen MR) is 101 cm³/mol. The fourth-order valence-corrected chi connectivity index (χ4v) is 2.96. The van der Waals surface area contributed by atoms with Crippen LogP contribution in [0.15, 0.2) is 42.5 Å². The largest absolute Gasteiger partial charge is 0.492 e. The van der Waals surface area contributed by atoms with E-state index in [1.165, 1.54) is 16.7 Å². The highest BCUT2D eigenvalue weighted by Crippen LogP contribution is 2.22. The van der Waals surface area contributed by atoms with E-state index in [1.807, 2.05) is 37.3 Å². The third-order valence-electron chi connectivity index (χ3n) is 4.38. The minimum atomic E-state index is -0.0271. The van der Waals surface area contributed by atoms with E-state index in [4.69, 9.17) is 4.74 Å². The number of carbonyl (C=O) groups is 1. The lowest BCUT2D eigenvalue weighted by Gasteiger charge is -2.16. The first-order valence-electron chi connectivity index (χ1n) is 8.49. The van der Waals surface area contributed by atoms with Crippen molar-refractivity contribution in [1.82, 2.24) is 9.88 Å².